The van der Waals surface area contributed by atoms with Gasteiger partial charge in [0, 0.05) is 16.8 Å². The van der Waals surface area contributed by atoms with Crippen molar-refractivity contribution in [3.8, 4) is 0 Å². The van der Waals surface area contributed by atoms with Gasteiger partial charge >= 0.3 is 0 Å². The Morgan fingerprint density at radius 3 is 2.14 bits per heavy atom. The van der Waals surface area contributed by atoms with E-state index in [0.717, 1.165) is 17.3 Å². The molecule has 0 N–H and O–H groups in total. The molecule has 0 saturated carbocycles. The van der Waals surface area contributed by atoms with Crippen molar-refractivity contribution < 1.29 is 0 Å². The summed E-state index contributed by atoms with van der Waals surface area (Å²) >= 11 is 16.8. The molecule has 0 nitrogen and oxygen atoms in total. The topological polar surface area (TPSA) is 0 Å². The van der Waals surface area contributed by atoms with E-state index in [1.54, 1.807) is 0 Å². The van der Waals surface area contributed by atoms with Gasteiger partial charge in [-0.2, -0.15) is 61.4 Å². The summed E-state index contributed by atoms with van der Waals surface area (Å²) in [6, 6.07) is 0. The van der Waals surface area contributed by atoms with Crippen LogP contribution in [0.4, 0.5) is 0 Å². The molecule has 0 rings (SSSR count). The highest BCUT2D eigenvalue weighted by Crippen LogP contribution is 2.19. The molecule has 1 atom stereocenters. The molecule has 0 saturated heterocycles. The highest BCUT2D eigenvalue weighted by Gasteiger charge is 2.06. The molecule has 14 heavy (non-hydrogen) atoms. The molecule has 0 bridgehead atoms. The summed E-state index contributed by atoms with van der Waals surface area (Å²) in [5.74, 6) is 6.69. The van der Waals surface area contributed by atoms with Crippen LogP contribution in [0.3, 0.4) is 0 Å². The zero-order chi connectivity index (χ0) is 10.6. The van der Waals surface area contributed by atoms with Crippen molar-refractivity contribution in [2.45, 2.75) is 18.1 Å². The van der Waals surface area contributed by atoms with Crippen LogP contribution in [-0.2, 0) is 0 Å². The Balaban J connectivity index is 3.28. The fourth-order valence-electron chi connectivity index (χ4n) is 0.849. The Bertz CT molecular complexity index is 109. The molecule has 0 aliphatic rings. The van der Waals surface area contributed by atoms with Crippen LogP contribution in [0, 0.1) is 0 Å². The number of hydrogen-bond acceptors (Lipinski definition) is 5. The zero-order valence-electron chi connectivity index (χ0n) is 8.39. The molecule has 0 aromatic rings. The second kappa shape index (κ2) is 12.8. The third-order valence-corrected chi connectivity index (χ3v) is 5.69. The third-order valence-electron chi connectivity index (χ3n) is 1.61. The van der Waals surface area contributed by atoms with Crippen molar-refractivity contribution >= 4 is 61.4 Å². The maximum absolute atomic E-state index is 4.37. The van der Waals surface area contributed by atoms with Crippen molar-refractivity contribution in [3.05, 3.63) is 0 Å². The average molecular weight is 289 g/mol. The molecule has 0 aromatic carbocycles. The summed E-state index contributed by atoms with van der Waals surface area (Å²) in [6.45, 7) is 0. The summed E-state index contributed by atoms with van der Waals surface area (Å²) in [5.41, 5.74) is 0. The Labute approximate surface area is 113 Å². The largest absolute Gasteiger partial charge is 0.179 e. The summed E-state index contributed by atoms with van der Waals surface area (Å²) in [5, 5.41) is 0.711. The SMILES string of the molecule is SCCCSCC(CS)SCCCS. The first kappa shape index (κ1) is 15.8. The van der Waals surface area contributed by atoms with E-state index in [4.69, 9.17) is 0 Å². The maximum atomic E-state index is 4.37. The van der Waals surface area contributed by atoms with Gasteiger partial charge in [0.05, 0.1) is 0 Å². The number of hydrogen-bond donors (Lipinski definition) is 3. The van der Waals surface area contributed by atoms with Gasteiger partial charge in [-0.25, -0.2) is 0 Å². The summed E-state index contributed by atoms with van der Waals surface area (Å²) in [4.78, 5) is 0. The number of thiol groups is 3. The van der Waals surface area contributed by atoms with Crippen LogP contribution >= 0.6 is 61.4 Å². The van der Waals surface area contributed by atoms with E-state index in [1.807, 2.05) is 23.5 Å². The van der Waals surface area contributed by atoms with Crippen LogP contribution in [0.25, 0.3) is 0 Å². The van der Waals surface area contributed by atoms with Crippen molar-refractivity contribution in [1.82, 2.24) is 0 Å². The predicted molar refractivity (Wildman–Crippen MR) is 84.4 cm³/mol. The van der Waals surface area contributed by atoms with E-state index >= 15 is 0 Å². The Kier molecular flexibility index (Phi) is 14.4. The Morgan fingerprint density at radius 1 is 0.929 bits per heavy atom. The van der Waals surface area contributed by atoms with E-state index in [1.165, 1.54) is 30.1 Å². The van der Waals surface area contributed by atoms with Crippen LogP contribution < -0.4 is 0 Å². The molecule has 0 aliphatic carbocycles. The summed E-state index contributed by atoms with van der Waals surface area (Å²) in [7, 11) is 0. The van der Waals surface area contributed by atoms with Crippen molar-refractivity contribution in [2.75, 3.05) is 34.5 Å². The van der Waals surface area contributed by atoms with Crippen molar-refractivity contribution in [1.29, 1.82) is 0 Å². The molecular weight excluding hydrogens is 268 g/mol. The van der Waals surface area contributed by atoms with Gasteiger partial charge in [0.25, 0.3) is 0 Å². The average Bonchev–Trinajstić information content (AvgIpc) is 2.22. The lowest BCUT2D eigenvalue weighted by Crippen LogP contribution is -2.10. The minimum Gasteiger partial charge on any atom is -0.179 e. The molecule has 0 amide bonds. The highest BCUT2D eigenvalue weighted by molar-refractivity contribution is 8.03. The van der Waals surface area contributed by atoms with Crippen molar-refractivity contribution in [2.24, 2.45) is 0 Å². The van der Waals surface area contributed by atoms with Gasteiger partial charge in [0.2, 0.25) is 0 Å². The first-order chi connectivity index (χ1) is 6.85. The van der Waals surface area contributed by atoms with E-state index in [9.17, 15) is 0 Å². The van der Waals surface area contributed by atoms with Gasteiger partial charge in [-0.15, -0.1) is 0 Å². The van der Waals surface area contributed by atoms with E-state index in [-0.39, 0.29) is 0 Å². The van der Waals surface area contributed by atoms with Crippen LogP contribution in [0.15, 0.2) is 0 Å². The Morgan fingerprint density at radius 2 is 1.57 bits per heavy atom. The monoisotopic (exact) mass is 288 g/mol. The van der Waals surface area contributed by atoms with E-state index < -0.39 is 0 Å². The van der Waals surface area contributed by atoms with Gasteiger partial charge in [0.1, 0.15) is 0 Å². The fourth-order valence-corrected chi connectivity index (χ4v) is 4.53. The third kappa shape index (κ3) is 10.3. The van der Waals surface area contributed by atoms with Crippen LogP contribution in [0.2, 0.25) is 0 Å². The van der Waals surface area contributed by atoms with Crippen LogP contribution in [-0.4, -0.2) is 39.8 Å². The zero-order valence-corrected chi connectivity index (χ0v) is 12.7. The van der Waals surface area contributed by atoms with Gasteiger partial charge < -0.3 is 0 Å². The van der Waals surface area contributed by atoms with Crippen LogP contribution in [0.5, 0.6) is 0 Å². The summed E-state index contributed by atoms with van der Waals surface area (Å²) in [6.07, 6.45) is 2.42. The van der Waals surface area contributed by atoms with Gasteiger partial charge in [-0.05, 0) is 35.9 Å². The fraction of sp³-hybridized carbons (Fsp3) is 1.00. The molecule has 0 heterocycles. The lowest BCUT2D eigenvalue weighted by atomic mass is 10.5. The van der Waals surface area contributed by atoms with Crippen molar-refractivity contribution in [3.63, 3.8) is 0 Å². The lowest BCUT2D eigenvalue weighted by Gasteiger charge is -2.12. The molecule has 0 spiro atoms. The second-order valence-electron chi connectivity index (χ2n) is 2.90. The smallest absolute Gasteiger partial charge is 0.0226 e. The van der Waals surface area contributed by atoms with Gasteiger partial charge in [0.15, 0.2) is 0 Å². The second-order valence-corrected chi connectivity index (χ2v) is 6.72. The predicted octanol–water partition coefficient (Wildman–Crippen LogP) is 3.39. The maximum Gasteiger partial charge on any atom is 0.0226 e. The lowest BCUT2D eigenvalue weighted by molar-refractivity contribution is 1.08. The van der Waals surface area contributed by atoms with Gasteiger partial charge in [-0.3, -0.25) is 0 Å². The molecule has 0 aliphatic heterocycles. The minimum atomic E-state index is 0.711. The molecule has 0 fully saturated rings. The molecule has 86 valence electrons. The van der Waals surface area contributed by atoms with Crippen LogP contribution in [0.1, 0.15) is 12.8 Å². The van der Waals surface area contributed by atoms with E-state index in [2.05, 4.69) is 37.9 Å². The summed E-state index contributed by atoms with van der Waals surface area (Å²) < 4.78 is 0. The number of thioether (sulfide) groups is 2. The first-order valence-electron chi connectivity index (χ1n) is 4.87. The van der Waals surface area contributed by atoms with Gasteiger partial charge in [-0.1, -0.05) is 0 Å². The molecule has 5 heteroatoms. The Hall–Kier alpha value is 1.75. The molecule has 0 aromatic heterocycles. The quantitative estimate of drug-likeness (QED) is 0.416. The minimum absolute atomic E-state index is 0.711. The molecule has 0 radical (unpaired) electrons. The molecule has 1 unspecified atom stereocenters. The standard InChI is InChI=1S/C9H20S5/c10-3-1-5-13-8-9(7-12)14-6-2-4-11/h9-12H,1-8H2. The normalized spacial score (nSPS) is 13.1. The first-order valence-corrected chi connectivity index (χ1v) is 8.97. The number of rotatable bonds is 10. The van der Waals surface area contributed by atoms with E-state index in [0.29, 0.717) is 5.25 Å². The molecular formula is C9H20S5. The highest BCUT2D eigenvalue weighted by atomic mass is 32.2.